The van der Waals surface area contributed by atoms with Crippen LogP contribution in [0.2, 0.25) is 0 Å². The van der Waals surface area contributed by atoms with Crippen molar-refractivity contribution in [2.75, 3.05) is 11.9 Å². The van der Waals surface area contributed by atoms with Gasteiger partial charge in [0, 0.05) is 23.7 Å². The fourth-order valence-corrected chi connectivity index (χ4v) is 4.30. The molecule has 0 spiro atoms. The maximum atomic E-state index is 13.4. The number of carbonyl (C=O) groups excluding carboxylic acids is 2. The monoisotopic (exact) mass is 340 g/mol. The molecule has 0 fully saturated rings. The number of hydrogen-bond donors (Lipinski definition) is 0. The molecule has 0 radical (unpaired) electrons. The molecule has 4 nitrogen and oxygen atoms in total. The number of fused-ring (bicyclic) bond motifs is 5. The van der Waals surface area contributed by atoms with Crippen molar-refractivity contribution >= 4 is 17.5 Å². The van der Waals surface area contributed by atoms with Gasteiger partial charge < -0.3 is 4.90 Å². The summed E-state index contributed by atoms with van der Waals surface area (Å²) in [6.07, 6.45) is 0. The normalized spacial score (nSPS) is 20.7. The summed E-state index contributed by atoms with van der Waals surface area (Å²) >= 11 is 0. The predicted octanol–water partition coefficient (Wildman–Crippen LogP) is 3.63. The van der Waals surface area contributed by atoms with Crippen molar-refractivity contribution in [1.29, 1.82) is 0 Å². The Morgan fingerprint density at radius 1 is 0.692 bits per heavy atom. The number of benzene rings is 3. The Bertz CT molecular complexity index is 1060. The van der Waals surface area contributed by atoms with Gasteiger partial charge in [0.05, 0.1) is 11.3 Å². The second-order valence-electron chi connectivity index (χ2n) is 6.61. The van der Waals surface area contributed by atoms with Crippen molar-refractivity contribution in [2.45, 2.75) is 5.66 Å². The second kappa shape index (κ2) is 5.05. The molecule has 2 aliphatic rings. The number of para-hydroxylation sites is 1. The molecule has 0 aromatic heterocycles. The molecule has 3 aromatic carbocycles. The third-order valence-electron chi connectivity index (χ3n) is 5.40. The van der Waals surface area contributed by atoms with Gasteiger partial charge in [0.15, 0.2) is 5.66 Å². The van der Waals surface area contributed by atoms with Crippen LogP contribution in [0.3, 0.4) is 0 Å². The molecule has 1 unspecified atom stereocenters. The van der Waals surface area contributed by atoms with E-state index in [1.807, 2.05) is 72.8 Å². The molecule has 126 valence electrons. The van der Waals surface area contributed by atoms with Gasteiger partial charge in [-0.3, -0.25) is 14.5 Å². The number of amides is 2. The lowest BCUT2D eigenvalue weighted by Crippen LogP contribution is -2.61. The van der Waals surface area contributed by atoms with Gasteiger partial charge in [0.1, 0.15) is 0 Å². The Morgan fingerprint density at radius 2 is 1.31 bits per heavy atom. The fourth-order valence-electron chi connectivity index (χ4n) is 4.30. The highest BCUT2D eigenvalue weighted by atomic mass is 16.2. The summed E-state index contributed by atoms with van der Waals surface area (Å²) in [5.41, 5.74) is 2.58. The van der Waals surface area contributed by atoms with Crippen LogP contribution in [0, 0.1) is 0 Å². The molecule has 1 atom stereocenters. The summed E-state index contributed by atoms with van der Waals surface area (Å²) in [5.74, 6) is -0.179. The smallest absolute Gasteiger partial charge is 0.261 e. The predicted molar refractivity (Wildman–Crippen MR) is 99.0 cm³/mol. The molecular formula is C22H16N2O2. The minimum absolute atomic E-state index is 0.0868. The standard InChI is InChI=1S/C22H16N2O2/c1-23-20(25)17-12-6-8-14-19(17)24-21(26)16-11-5-7-13-18(16)22(23,24)15-9-3-2-4-10-15/h2-14H,1H3. The van der Waals surface area contributed by atoms with E-state index < -0.39 is 5.66 Å². The zero-order chi connectivity index (χ0) is 17.9. The molecule has 26 heavy (non-hydrogen) atoms. The summed E-state index contributed by atoms with van der Waals surface area (Å²) < 4.78 is 0. The Labute approximate surface area is 151 Å². The van der Waals surface area contributed by atoms with E-state index in [4.69, 9.17) is 0 Å². The molecule has 0 bridgehead atoms. The molecule has 0 saturated heterocycles. The topological polar surface area (TPSA) is 40.6 Å². The lowest BCUT2D eigenvalue weighted by molar-refractivity contribution is 0.0591. The van der Waals surface area contributed by atoms with Gasteiger partial charge in [0.2, 0.25) is 0 Å². The summed E-state index contributed by atoms with van der Waals surface area (Å²) in [6.45, 7) is 0. The molecular weight excluding hydrogens is 324 g/mol. The third kappa shape index (κ3) is 1.59. The maximum absolute atomic E-state index is 13.4. The first-order valence-electron chi connectivity index (χ1n) is 8.54. The Morgan fingerprint density at radius 3 is 2.08 bits per heavy atom. The van der Waals surface area contributed by atoms with Crippen molar-refractivity contribution in [3.8, 4) is 0 Å². The first-order chi connectivity index (χ1) is 12.7. The molecule has 4 heteroatoms. The van der Waals surface area contributed by atoms with Crippen molar-refractivity contribution < 1.29 is 9.59 Å². The highest BCUT2D eigenvalue weighted by Gasteiger charge is 2.58. The van der Waals surface area contributed by atoms with Crippen LogP contribution < -0.4 is 4.90 Å². The van der Waals surface area contributed by atoms with Gasteiger partial charge in [-0.15, -0.1) is 0 Å². The zero-order valence-electron chi connectivity index (χ0n) is 14.2. The molecule has 2 amide bonds. The van der Waals surface area contributed by atoms with E-state index in [0.29, 0.717) is 16.8 Å². The van der Waals surface area contributed by atoms with Crippen LogP contribution in [-0.2, 0) is 5.66 Å². The highest BCUT2D eigenvalue weighted by molar-refractivity contribution is 6.18. The molecule has 0 saturated carbocycles. The van der Waals surface area contributed by atoms with Crippen LogP contribution in [0.15, 0.2) is 78.9 Å². The molecule has 0 aliphatic carbocycles. The average molecular weight is 340 g/mol. The van der Waals surface area contributed by atoms with Crippen LogP contribution in [0.4, 0.5) is 5.69 Å². The SMILES string of the molecule is CN1C(=O)c2ccccc2N2C(=O)c3ccccc3C12c1ccccc1. The number of hydrogen-bond acceptors (Lipinski definition) is 2. The summed E-state index contributed by atoms with van der Waals surface area (Å²) in [4.78, 5) is 30.1. The van der Waals surface area contributed by atoms with Crippen molar-refractivity contribution in [2.24, 2.45) is 0 Å². The van der Waals surface area contributed by atoms with E-state index in [0.717, 1.165) is 11.1 Å². The van der Waals surface area contributed by atoms with Crippen LogP contribution in [0.1, 0.15) is 31.8 Å². The van der Waals surface area contributed by atoms with Crippen LogP contribution in [-0.4, -0.2) is 23.8 Å². The van der Waals surface area contributed by atoms with Gasteiger partial charge in [-0.1, -0.05) is 60.7 Å². The second-order valence-corrected chi connectivity index (χ2v) is 6.61. The quantitative estimate of drug-likeness (QED) is 0.679. The number of rotatable bonds is 1. The minimum atomic E-state index is -0.972. The molecule has 5 rings (SSSR count). The molecule has 2 aliphatic heterocycles. The summed E-state index contributed by atoms with van der Waals surface area (Å²) in [5, 5.41) is 0. The van der Waals surface area contributed by atoms with E-state index in [1.54, 1.807) is 22.9 Å². The van der Waals surface area contributed by atoms with Gasteiger partial charge in [-0.2, -0.15) is 0 Å². The van der Waals surface area contributed by atoms with Gasteiger partial charge in [-0.05, 0) is 18.2 Å². The fraction of sp³-hybridized carbons (Fsp3) is 0.0909. The van der Waals surface area contributed by atoms with Crippen LogP contribution >= 0.6 is 0 Å². The average Bonchev–Trinajstić information content (AvgIpc) is 2.97. The number of carbonyl (C=O) groups is 2. The zero-order valence-corrected chi connectivity index (χ0v) is 14.2. The maximum Gasteiger partial charge on any atom is 0.261 e. The van der Waals surface area contributed by atoms with E-state index in [2.05, 4.69) is 0 Å². The summed E-state index contributed by atoms with van der Waals surface area (Å²) in [7, 11) is 1.77. The van der Waals surface area contributed by atoms with Crippen LogP contribution in [0.25, 0.3) is 0 Å². The van der Waals surface area contributed by atoms with E-state index in [-0.39, 0.29) is 11.8 Å². The van der Waals surface area contributed by atoms with Crippen molar-refractivity contribution in [3.05, 3.63) is 101 Å². The Kier molecular flexibility index (Phi) is 2.89. The third-order valence-corrected chi connectivity index (χ3v) is 5.40. The largest absolute Gasteiger partial charge is 0.310 e. The molecule has 3 aromatic rings. The lowest BCUT2D eigenvalue weighted by Gasteiger charge is -2.49. The first kappa shape index (κ1) is 14.9. The Balaban J connectivity index is 1.94. The number of anilines is 1. The lowest BCUT2D eigenvalue weighted by atomic mass is 9.86. The van der Waals surface area contributed by atoms with Crippen molar-refractivity contribution in [3.63, 3.8) is 0 Å². The van der Waals surface area contributed by atoms with Crippen molar-refractivity contribution in [1.82, 2.24) is 4.90 Å². The van der Waals surface area contributed by atoms with Gasteiger partial charge in [-0.25, -0.2) is 0 Å². The van der Waals surface area contributed by atoms with E-state index in [9.17, 15) is 9.59 Å². The van der Waals surface area contributed by atoms with Gasteiger partial charge in [0.25, 0.3) is 11.8 Å². The Hall–Kier alpha value is -3.40. The van der Waals surface area contributed by atoms with Crippen LogP contribution in [0.5, 0.6) is 0 Å². The summed E-state index contributed by atoms with van der Waals surface area (Å²) in [6, 6.07) is 24.6. The van der Waals surface area contributed by atoms with E-state index in [1.165, 1.54) is 0 Å². The highest BCUT2D eigenvalue weighted by Crippen LogP contribution is 2.52. The van der Waals surface area contributed by atoms with Gasteiger partial charge >= 0.3 is 0 Å². The minimum Gasteiger partial charge on any atom is -0.310 e. The molecule has 0 N–H and O–H groups in total. The van der Waals surface area contributed by atoms with E-state index >= 15 is 0 Å². The number of nitrogens with zero attached hydrogens (tertiary/aromatic N) is 2. The first-order valence-corrected chi connectivity index (χ1v) is 8.54. The molecule has 2 heterocycles.